The number of hydrogen-bond donors (Lipinski definition) is 1. The van der Waals surface area contributed by atoms with Gasteiger partial charge in [-0.05, 0) is 23.3 Å². The van der Waals surface area contributed by atoms with Crippen molar-refractivity contribution in [1.82, 2.24) is 0 Å². The van der Waals surface area contributed by atoms with E-state index in [2.05, 4.69) is 26.3 Å². The Morgan fingerprint density at radius 2 is 1.69 bits per heavy atom. The fourth-order valence-electron chi connectivity index (χ4n) is 0.698. The molecule has 0 saturated heterocycles. The smallest absolute Gasteiger partial charge is 0.164 e. The standard InChI is InChI=1S/C13H15FO2/c1-9(6-7-11(3)16-5)10(2)8-13(14)12(4)15/h6-8,15H,1-4H2,5H3/b7-6-,13-8+. The van der Waals surface area contributed by atoms with Crippen LogP contribution in [0.5, 0.6) is 0 Å². The van der Waals surface area contributed by atoms with Crippen LogP contribution in [0.1, 0.15) is 0 Å². The molecule has 0 spiro atoms. The molecule has 0 atom stereocenters. The maximum absolute atomic E-state index is 12.9. The van der Waals surface area contributed by atoms with Crippen molar-refractivity contribution < 1.29 is 14.2 Å². The van der Waals surface area contributed by atoms with Crippen molar-refractivity contribution in [3.8, 4) is 0 Å². The average molecular weight is 222 g/mol. The lowest BCUT2D eigenvalue weighted by Crippen LogP contribution is -1.85. The Bertz CT molecular complexity index is 387. The van der Waals surface area contributed by atoms with E-state index in [1.165, 1.54) is 7.11 Å². The summed E-state index contributed by atoms with van der Waals surface area (Å²) in [5.74, 6) is -1.03. The molecule has 0 heterocycles. The predicted molar refractivity (Wildman–Crippen MR) is 64.5 cm³/mol. The van der Waals surface area contributed by atoms with Gasteiger partial charge in [-0.1, -0.05) is 32.4 Å². The van der Waals surface area contributed by atoms with Crippen LogP contribution >= 0.6 is 0 Å². The Morgan fingerprint density at radius 3 is 2.12 bits per heavy atom. The highest BCUT2D eigenvalue weighted by Crippen LogP contribution is 2.15. The first-order valence-electron chi connectivity index (χ1n) is 4.43. The molecule has 0 aliphatic carbocycles. The highest BCUT2D eigenvalue weighted by Gasteiger charge is 2.00. The minimum atomic E-state index is -0.842. The van der Waals surface area contributed by atoms with Gasteiger partial charge >= 0.3 is 0 Å². The van der Waals surface area contributed by atoms with E-state index in [4.69, 9.17) is 9.84 Å². The summed E-state index contributed by atoms with van der Waals surface area (Å²) >= 11 is 0. The fraction of sp³-hybridized carbons (Fsp3) is 0.0769. The number of halogens is 1. The van der Waals surface area contributed by atoms with E-state index in [0.29, 0.717) is 16.9 Å². The summed E-state index contributed by atoms with van der Waals surface area (Å²) in [6.07, 6.45) is 4.20. The first-order valence-corrected chi connectivity index (χ1v) is 4.43. The summed E-state index contributed by atoms with van der Waals surface area (Å²) in [7, 11) is 1.49. The molecule has 0 rings (SSSR count). The summed E-state index contributed by atoms with van der Waals surface area (Å²) in [6, 6.07) is 0. The van der Waals surface area contributed by atoms with Gasteiger partial charge in [0, 0.05) is 0 Å². The third-order valence-corrected chi connectivity index (χ3v) is 1.72. The molecular weight excluding hydrogens is 207 g/mol. The van der Waals surface area contributed by atoms with E-state index >= 15 is 0 Å². The van der Waals surface area contributed by atoms with Crippen molar-refractivity contribution in [2.45, 2.75) is 0 Å². The molecule has 0 unspecified atom stereocenters. The zero-order chi connectivity index (χ0) is 12.7. The van der Waals surface area contributed by atoms with E-state index in [0.717, 1.165) is 6.08 Å². The van der Waals surface area contributed by atoms with Gasteiger partial charge in [-0.2, -0.15) is 0 Å². The number of aliphatic hydroxyl groups is 1. The maximum Gasteiger partial charge on any atom is 0.164 e. The molecule has 1 N–H and O–H groups in total. The monoisotopic (exact) mass is 222 g/mol. The van der Waals surface area contributed by atoms with Crippen molar-refractivity contribution >= 4 is 0 Å². The Hall–Kier alpha value is -2.03. The fourth-order valence-corrected chi connectivity index (χ4v) is 0.698. The largest absolute Gasteiger partial charge is 0.506 e. The Balaban J connectivity index is 4.59. The van der Waals surface area contributed by atoms with E-state index < -0.39 is 11.6 Å². The third kappa shape index (κ3) is 5.00. The first-order chi connectivity index (χ1) is 7.38. The van der Waals surface area contributed by atoms with Gasteiger partial charge in [0.05, 0.1) is 7.11 Å². The molecule has 0 aromatic heterocycles. The van der Waals surface area contributed by atoms with Gasteiger partial charge in [0.2, 0.25) is 0 Å². The van der Waals surface area contributed by atoms with E-state index in [1.807, 2.05) is 0 Å². The van der Waals surface area contributed by atoms with Crippen LogP contribution in [0.2, 0.25) is 0 Å². The minimum absolute atomic E-state index is 0.327. The lowest BCUT2D eigenvalue weighted by molar-refractivity contribution is 0.309. The van der Waals surface area contributed by atoms with Gasteiger partial charge in [-0.25, -0.2) is 4.39 Å². The van der Waals surface area contributed by atoms with Gasteiger partial charge < -0.3 is 9.84 Å². The van der Waals surface area contributed by atoms with Crippen molar-refractivity contribution in [2.24, 2.45) is 0 Å². The van der Waals surface area contributed by atoms with Gasteiger partial charge in [-0.3, -0.25) is 0 Å². The minimum Gasteiger partial charge on any atom is -0.506 e. The number of rotatable bonds is 6. The lowest BCUT2D eigenvalue weighted by Gasteiger charge is -2.01. The van der Waals surface area contributed by atoms with E-state index in [1.54, 1.807) is 12.2 Å². The zero-order valence-electron chi connectivity index (χ0n) is 9.29. The van der Waals surface area contributed by atoms with Crippen LogP contribution in [0.15, 0.2) is 73.0 Å². The van der Waals surface area contributed by atoms with Gasteiger partial charge in [0.25, 0.3) is 0 Å². The van der Waals surface area contributed by atoms with Gasteiger partial charge in [0.1, 0.15) is 11.5 Å². The SMILES string of the molecule is C=C(/C=C\C(=C)C(=C)/C=C(/F)C(=C)O)OC. The van der Waals surface area contributed by atoms with Crippen molar-refractivity contribution in [3.63, 3.8) is 0 Å². The molecule has 0 saturated carbocycles. The molecule has 3 heteroatoms. The predicted octanol–water partition coefficient (Wildman–Crippen LogP) is 3.74. The molecule has 0 aliphatic rings. The molecular formula is C13H15FO2. The lowest BCUT2D eigenvalue weighted by atomic mass is 10.1. The van der Waals surface area contributed by atoms with Crippen LogP contribution in [0.4, 0.5) is 4.39 Å². The topological polar surface area (TPSA) is 29.5 Å². The van der Waals surface area contributed by atoms with Crippen LogP contribution in [-0.2, 0) is 4.74 Å². The second-order valence-corrected chi connectivity index (χ2v) is 2.99. The molecule has 0 fully saturated rings. The summed E-state index contributed by atoms with van der Waals surface area (Å²) in [5.41, 5.74) is 0.808. The number of hydrogen-bond acceptors (Lipinski definition) is 2. The second kappa shape index (κ2) is 6.45. The van der Waals surface area contributed by atoms with Gasteiger partial charge in [-0.15, -0.1) is 0 Å². The number of allylic oxidation sites excluding steroid dienone is 6. The summed E-state index contributed by atoms with van der Waals surface area (Å²) < 4.78 is 17.7. The molecule has 16 heavy (non-hydrogen) atoms. The van der Waals surface area contributed by atoms with Crippen LogP contribution in [-0.4, -0.2) is 12.2 Å². The van der Waals surface area contributed by atoms with Crippen LogP contribution < -0.4 is 0 Å². The number of aliphatic hydroxyl groups excluding tert-OH is 1. The maximum atomic E-state index is 12.9. The zero-order valence-corrected chi connectivity index (χ0v) is 9.29. The van der Waals surface area contributed by atoms with Crippen LogP contribution in [0, 0.1) is 0 Å². The Morgan fingerprint density at radius 1 is 1.12 bits per heavy atom. The quantitative estimate of drug-likeness (QED) is 0.548. The molecule has 0 radical (unpaired) electrons. The Kier molecular flexibility index (Phi) is 5.63. The highest BCUT2D eigenvalue weighted by atomic mass is 19.1. The van der Waals surface area contributed by atoms with E-state index in [-0.39, 0.29) is 0 Å². The van der Waals surface area contributed by atoms with Crippen molar-refractivity contribution in [3.05, 3.63) is 73.0 Å². The van der Waals surface area contributed by atoms with Crippen molar-refractivity contribution in [1.29, 1.82) is 0 Å². The normalized spacial score (nSPS) is 11.2. The molecule has 2 nitrogen and oxygen atoms in total. The summed E-state index contributed by atoms with van der Waals surface area (Å²) in [4.78, 5) is 0. The number of ether oxygens (including phenoxy) is 1. The van der Waals surface area contributed by atoms with Gasteiger partial charge in [0.15, 0.2) is 5.83 Å². The second-order valence-electron chi connectivity index (χ2n) is 2.99. The molecule has 0 bridgehead atoms. The van der Waals surface area contributed by atoms with Crippen molar-refractivity contribution in [2.75, 3.05) is 7.11 Å². The Labute approximate surface area is 95.1 Å². The first kappa shape index (κ1) is 14.0. The van der Waals surface area contributed by atoms with Crippen LogP contribution in [0.25, 0.3) is 0 Å². The molecule has 0 amide bonds. The highest BCUT2D eigenvalue weighted by molar-refractivity contribution is 5.45. The third-order valence-electron chi connectivity index (χ3n) is 1.72. The number of methoxy groups -OCH3 is 1. The average Bonchev–Trinajstić information content (AvgIpc) is 2.24. The molecule has 0 aromatic rings. The molecule has 0 aromatic carbocycles. The molecule has 86 valence electrons. The van der Waals surface area contributed by atoms with Crippen LogP contribution in [0.3, 0.4) is 0 Å². The summed E-state index contributed by atoms with van der Waals surface area (Å²) in [6.45, 7) is 13.9. The summed E-state index contributed by atoms with van der Waals surface area (Å²) in [5, 5.41) is 8.75. The van der Waals surface area contributed by atoms with E-state index in [9.17, 15) is 4.39 Å². The molecule has 0 aliphatic heterocycles.